The van der Waals surface area contributed by atoms with Gasteiger partial charge in [0.25, 0.3) is 0 Å². The maximum atomic E-state index is 12.7. The van der Waals surface area contributed by atoms with Crippen molar-refractivity contribution in [2.45, 2.75) is 25.4 Å². The molecule has 1 fully saturated rings. The number of halogens is 3. The maximum Gasteiger partial charge on any atom is 0.418 e. The van der Waals surface area contributed by atoms with Crippen LogP contribution in [0.1, 0.15) is 24.8 Å². The number of amides is 1. The highest BCUT2D eigenvalue weighted by atomic mass is 19.4. The molecule has 1 aliphatic heterocycles. The molecule has 1 heterocycles. The third kappa shape index (κ3) is 4.03. The van der Waals surface area contributed by atoms with Crippen LogP contribution in [0.25, 0.3) is 0 Å². The van der Waals surface area contributed by atoms with E-state index in [1.165, 1.54) is 12.1 Å². The molecule has 3 N–H and O–H groups in total. The zero-order chi connectivity index (χ0) is 15.5. The molecule has 116 valence electrons. The van der Waals surface area contributed by atoms with Gasteiger partial charge in [-0.3, -0.25) is 4.79 Å². The minimum atomic E-state index is -4.48. The van der Waals surface area contributed by atoms with Gasteiger partial charge < -0.3 is 16.0 Å². The smallest absolute Gasteiger partial charge is 0.398 e. The number of rotatable bonds is 4. The van der Waals surface area contributed by atoms with Crippen LogP contribution in [-0.2, 0) is 11.0 Å². The Morgan fingerprint density at radius 1 is 1.29 bits per heavy atom. The molecule has 2 rings (SSSR count). The third-order valence-corrected chi connectivity index (χ3v) is 3.49. The highest BCUT2D eigenvalue weighted by Gasteiger charge is 2.33. The summed E-state index contributed by atoms with van der Waals surface area (Å²) in [6.45, 7) is 1.86. The lowest BCUT2D eigenvalue weighted by Crippen LogP contribution is -2.29. The first-order chi connectivity index (χ1) is 9.88. The van der Waals surface area contributed by atoms with E-state index in [-0.39, 0.29) is 18.0 Å². The Kier molecular flexibility index (Phi) is 4.59. The Morgan fingerprint density at radius 3 is 2.57 bits per heavy atom. The summed E-state index contributed by atoms with van der Waals surface area (Å²) >= 11 is 0. The molecular weight excluding hydrogens is 283 g/mol. The fourth-order valence-electron chi connectivity index (χ4n) is 2.35. The molecule has 1 saturated heterocycles. The van der Waals surface area contributed by atoms with Crippen LogP contribution in [0, 0.1) is 0 Å². The number of nitrogen functional groups attached to an aromatic ring is 1. The van der Waals surface area contributed by atoms with E-state index < -0.39 is 11.7 Å². The molecule has 0 aliphatic carbocycles. The number of nitrogens with one attached hydrogen (secondary N) is 1. The van der Waals surface area contributed by atoms with Gasteiger partial charge >= 0.3 is 6.18 Å². The van der Waals surface area contributed by atoms with Crippen LogP contribution in [0.4, 0.5) is 24.5 Å². The van der Waals surface area contributed by atoms with Crippen molar-refractivity contribution in [3.05, 3.63) is 23.8 Å². The number of nitrogens with two attached hydrogens (primary N) is 1. The van der Waals surface area contributed by atoms with Gasteiger partial charge in [-0.15, -0.1) is 0 Å². The number of alkyl halides is 3. The standard InChI is InChI=1S/C14H18F3N3O/c15-14(16,17)11-9-10(3-4-12(11)18)19-6-5-13(21)20-7-1-2-8-20/h3-4,9,19H,1-2,5-8,18H2. The average molecular weight is 301 g/mol. The van der Waals surface area contributed by atoms with E-state index in [1.807, 2.05) is 0 Å². The fraction of sp³-hybridized carbons (Fsp3) is 0.500. The SMILES string of the molecule is Nc1ccc(NCCC(=O)N2CCCC2)cc1C(F)(F)F. The molecule has 7 heteroatoms. The summed E-state index contributed by atoms with van der Waals surface area (Å²) < 4.78 is 38.1. The summed E-state index contributed by atoms with van der Waals surface area (Å²) in [7, 11) is 0. The van der Waals surface area contributed by atoms with Crippen LogP contribution < -0.4 is 11.1 Å². The normalized spacial score (nSPS) is 15.3. The second-order valence-corrected chi connectivity index (χ2v) is 5.06. The lowest BCUT2D eigenvalue weighted by Gasteiger charge is -2.16. The second kappa shape index (κ2) is 6.24. The number of benzene rings is 1. The van der Waals surface area contributed by atoms with Gasteiger partial charge in [-0.05, 0) is 31.0 Å². The number of carbonyl (C=O) groups excluding carboxylic acids is 1. The number of anilines is 2. The van der Waals surface area contributed by atoms with Gasteiger partial charge in [0, 0.05) is 37.4 Å². The minimum Gasteiger partial charge on any atom is -0.398 e. The highest BCUT2D eigenvalue weighted by molar-refractivity contribution is 5.77. The van der Waals surface area contributed by atoms with Crippen molar-refractivity contribution in [3.8, 4) is 0 Å². The van der Waals surface area contributed by atoms with E-state index in [4.69, 9.17) is 5.73 Å². The predicted octanol–water partition coefficient (Wildman–Crippen LogP) is 2.71. The molecule has 1 amide bonds. The third-order valence-electron chi connectivity index (χ3n) is 3.49. The molecule has 0 spiro atoms. The van der Waals surface area contributed by atoms with Gasteiger partial charge in [-0.1, -0.05) is 0 Å². The number of hydrogen-bond acceptors (Lipinski definition) is 3. The lowest BCUT2D eigenvalue weighted by atomic mass is 10.1. The first-order valence-corrected chi connectivity index (χ1v) is 6.86. The van der Waals surface area contributed by atoms with Crippen LogP contribution in [0.2, 0.25) is 0 Å². The summed E-state index contributed by atoms with van der Waals surface area (Å²) in [6, 6.07) is 3.66. The minimum absolute atomic E-state index is 0.0338. The molecule has 0 atom stereocenters. The van der Waals surface area contributed by atoms with Crippen molar-refractivity contribution in [1.82, 2.24) is 4.90 Å². The van der Waals surface area contributed by atoms with Crippen molar-refractivity contribution in [3.63, 3.8) is 0 Å². The molecule has 0 radical (unpaired) electrons. The van der Waals surface area contributed by atoms with Crippen molar-refractivity contribution in [2.75, 3.05) is 30.7 Å². The van der Waals surface area contributed by atoms with Crippen molar-refractivity contribution >= 4 is 17.3 Å². The molecule has 0 saturated carbocycles. The van der Waals surface area contributed by atoms with Crippen molar-refractivity contribution < 1.29 is 18.0 Å². The molecule has 4 nitrogen and oxygen atoms in total. The second-order valence-electron chi connectivity index (χ2n) is 5.06. The van der Waals surface area contributed by atoms with E-state index in [2.05, 4.69) is 5.32 Å². The fourth-order valence-corrected chi connectivity index (χ4v) is 2.35. The van der Waals surface area contributed by atoms with Crippen molar-refractivity contribution in [1.29, 1.82) is 0 Å². The Morgan fingerprint density at radius 2 is 1.95 bits per heavy atom. The quantitative estimate of drug-likeness (QED) is 0.841. The van der Waals surface area contributed by atoms with Crippen LogP contribution in [-0.4, -0.2) is 30.4 Å². The monoisotopic (exact) mass is 301 g/mol. The maximum absolute atomic E-state index is 12.7. The summed E-state index contributed by atoms with van der Waals surface area (Å²) in [6.07, 6.45) is -2.17. The predicted molar refractivity (Wildman–Crippen MR) is 74.8 cm³/mol. The number of likely N-dealkylation sites (tertiary alicyclic amines) is 1. The van der Waals surface area contributed by atoms with Crippen LogP contribution in [0.15, 0.2) is 18.2 Å². The topological polar surface area (TPSA) is 58.4 Å². The molecule has 1 aliphatic rings. The Labute approximate surface area is 121 Å². The van der Waals surface area contributed by atoms with Gasteiger partial charge in [0.1, 0.15) is 0 Å². The molecule has 1 aromatic carbocycles. The van der Waals surface area contributed by atoms with Gasteiger partial charge in [-0.2, -0.15) is 13.2 Å². The number of hydrogen-bond donors (Lipinski definition) is 2. The zero-order valence-electron chi connectivity index (χ0n) is 11.5. The van der Waals surface area contributed by atoms with E-state index >= 15 is 0 Å². The Balaban J connectivity index is 1.90. The van der Waals surface area contributed by atoms with E-state index in [0.717, 1.165) is 32.0 Å². The summed E-state index contributed by atoms with van der Waals surface area (Å²) in [5, 5.41) is 2.84. The van der Waals surface area contributed by atoms with E-state index in [0.29, 0.717) is 12.2 Å². The van der Waals surface area contributed by atoms with Crippen molar-refractivity contribution in [2.24, 2.45) is 0 Å². The molecule has 21 heavy (non-hydrogen) atoms. The van der Waals surface area contributed by atoms with E-state index in [9.17, 15) is 18.0 Å². The molecule has 0 bridgehead atoms. The molecular formula is C14H18F3N3O. The summed E-state index contributed by atoms with van der Waals surface area (Å²) in [4.78, 5) is 13.6. The first-order valence-electron chi connectivity index (χ1n) is 6.86. The molecule has 1 aromatic rings. The average Bonchev–Trinajstić information content (AvgIpc) is 2.93. The van der Waals surface area contributed by atoms with Crippen LogP contribution in [0.5, 0.6) is 0 Å². The van der Waals surface area contributed by atoms with Gasteiger partial charge in [0.2, 0.25) is 5.91 Å². The zero-order valence-corrected chi connectivity index (χ0v) is 11.5. The van der Waals surface area contributed by atoms with Gasteiger partial charge in [-0.25, -0.2) is 0 Å². The summed E-state index contributed by atoms with van der Waals surface area (Å²) in [5.74, 6) is 0.0338. The summed E-state index contributed by atoms with van der Waals surface area (Å²) in [5.41, 5.74) is 4.47. The Hall–Kier alpha value is -1.92. The Bertz CT molecular complexity index is 511. The van der Waals surface area contributed by atoms with Crippen LogP contribution >= 0.6 is 0 Å². The number of carbonyl (C=O) groups is 1. The van der Waals surface area contributed by atoms with Gasteiger partial charge in [0.15, 0.2) is 0 Å². The van der Waals surface area contributed by atoms with E-state index in [1.54, 1.807) is 4.90 Å². The van der Waals surface area contributed by atoms with Gasteiger partial charge in [0.05, 0.1) is 5.56 Å². The highest BCUT2D eigenvalue weighted by Crippen LogP contribution is 2.35. The molecule has 0 unspecified atom stereocenters. The largest absolute Gasteiger partial charge is 0.418 e. The first kappa shape index (κ1) is 15.5. The lowest BCUT2D eigenvalue weighted by molar-refractivity contribution is -0.137. The molecule has 0 aromatic heterocycles. The number of nitrogens with zero attached hydrogens (tertiary/aromatic N) is 1. The van der Waals surface area contributed by atoms with Crippen LogP contribution in [0.3, 0.4) is 0 Å².